The van der Waals surface area contributed by atoms with Gasteiger partial charge in [0.05, 0.1) is 11.4 Å². The highest BCUT2D eigenvalue weighted by molar-refractivity contribution is 7.15. The normalized spacial score (nSPS) is 14.7. The summed E-state index contributed by atoms with van der Waals surface area (Å²) in [6.07, 6.45) is -8.55. The lowest BCUT2D eigenvalue weighted by atomic mass is 10.0. The first-order chi connectivity index (χ1) is 16.6. The van der Waals surface area contributed by atoms with Crippen LogP contribution in [-0.2, 0) is 12.4 Å². The fourth-order valence-electron chi connectivity index (χ4n) is 4.11. The van der Waals surface area contributed by atoms with E-state index in [0.717, 1.165) is 0 Å². The van der Waals surface area contributed by atoms with Crippen molar-refractivity contribution < 1.29 is 26.3 Å². The Hall–Kier alpha value is -2.98. The molecule has 5 rings (SSSR count). The van der Waals surface area contributed by atoms with Crippen LogP contribution >= 0.6 is 22.7 Å². The van der Waals surface area contributed by atoms with Gasteiger partial charge in [0.15, 0.2) is 0 Å². The van der Waals surface area contributed by atoms with Crippen molar-refractivity contribution in [3.05, 3.63) is 81.8 Å². The molecular weight excluding hydrogens is 506 g/mol. The molecule has 0 unspecified atom stereocenters. The molecule has 0 N–H and O–H groups in total. The van der Waals surface area contributed by atoms with Crippen LogP contribution in [0.15, 0.2) is 60.7 Å². The van der Waals surface area contributed by atoms with E-state index in [4.69, 9.17) is 0 Å². The van der Waals surface area contributed by atoms with Crippen molar-refractivity contribution in [2.45, 2.75) is 31.6 Å². The van der Waals surface area contributed by atoms with Gasteiger partial charge in [-0.05, 0) is 30.4 Å². The number of nitrogens with zero attached hydrogens (tertiary/aromatic N) is 2. The molecular formula is C25H16F6N2S2. The highest BCUT2D eigenvalue weighted by atomic mass is 32.1. The molecule has 1 aliphatic rings. The number of halogens is 6. The summed E-state index contributed by atoms with van der Waals surface area (Å²) < 4.78 is 84.1. The van der Waals surface area contributed by atoms with Crippen molar-refractivity contribution in [1.29, 1.82) is 0 Å². The summed E-state index contributed by atoms with van der Waals surface area (Å²) in [5.74, 6) is 0. The molecule has 0 saturated carbocycles. The second kappa shape index (κ2) is 8.91. The lowest BCUT2D eigenvalue weighted by molar-refractivity contribution is -0.135. The predicted molar refractivity (Wildman–Crippen MR) is 126 cm³/mol. The third-order valence-corrected chi connectivity index (χ3v) is 7.90. The SMILES string of the molecule is FC(F)(F)c1sc(-c2ccccc2)nc1C1=C(c2nc(-c3ccccc3)sc2C(F)(F)F)CCC1. The summed E-state index contributed by atoms with van der Waals surface area (Å²) in [4.78, 5) is 6.78. The van der Waals surface area contributed by atoms with Crippen LogP contribution < -0.4 is 0 Å². The second-order valence-corrected chi connectivity index (χ2v) is 9.93. The smallest absolute Gasteiger partial charge is 0.236 e. The number of alkyl halides is 6. The summed E-state index contributed by atoms with van der Waals surface area (Å²) in [6.45, 7) is 0. The molecule has 35 heavy (non-hydrogen) atoms. The van der Waals surface area contributed by atoms with E-state index in [1.165, 1.54) is 0 Å². The first-order valence-electron chi connectivity index (χ1n) is 10.6. The zero-order valence-corrected chi connectivity index (χ0v) is 19.5. The van der Waals surface area contributed by atoms with Crippen molar-refractivity contribution in [2.75, 3.05) is 0 Å². The Morgan fingerprint density at radius 2 is 0.943 bits per heavy atom. The minimum absolute atomic E-state index is 0.172. The first kappa shape index (κ1) is 23.7. The minimum Gasteiger partial charge on any atom is -0.236 e. The number of aromatic nitrogens is 2. The Bertz CT molecular complexity index is 1280. The fraction of sp³-hybridized carbons (Fsp3) is 0.200. The van der Waals surface area contributed by atoms with Gasteiger partial charge in [0.2, 0.25) is 0 Å². The van der Waals surface area contributed by atoms with Crippen LogP contribution in [0.25, 0.3) is 32.3 Å². The van der Waals surface area contributed by atoms with E-state index in [1.54, 1.807) is 60.7 Å². The van der Waals surface area contributed by atoms with Crippen LogP contribution in [0.2, 0.25) is 0 Å². The maximum Gasteiger partial charge on any atom is 0.427 e. The number of allylic oxidation sites excluding steroid dienone is 2. The Balaban J connectivity index is 1.71. The Kier molecular flexibility index (Phi) is 6.04. The molecule has 0 radical (unpaired) electrons. The molecule has 10 heteroatoms. The summed E-state index contributed by atoms with van der Waals surface area (Å²) >= 11 is 1.01. The van der Waals surface area contributed by atoms with Gasteiger partial charge in [-0.1, -0.05) is 60.7 Å². The van der Waals surface area contributed by atoms with Crippen molar-refractivity contribution >= 4 is 33.8 Å². The predicted octanol–water partition coefficient (Wildman–Crippen LogP) is 9.07. The third-order valence-electron chi connectivity index (χ3n) is 5.60. The number of thiazole rings is 2. The average Bonchev–Trinajstić information content (AvgIpc) is 3.56. The molecule has 180 valence electrons. The number of hydrogen-bond donors (Lipinski definition) is 0. The van der Waals surface area contributed by atoms with Crippen LogP contribution in [0, 0.1) is 0 Å². The van der Waals surface area contributed by atoms with Crippen LogP contribution in [0.4, 0.5) is 26.3 Å². The van der Waals surface area contributed by atoms with Crippen LogP contribution in [-0.4, -0.2) is 9.97 Å². The van der Waals surface area contributed by atoms with Gasteiger partial charge in [-0.15, -0.1) is 22.7 Å². The average molecular weight is 523 g/mol. The van der Waals surface area contributed by atoms with E-state index in [-0.39, 0.29) is 45.4 Å². The van der Waals surface area contributed by atoms with Crippen molar-refractivity contribution in [2.24, 2.45) is 0 Å². The van der Waals surface area contributed by atoms with Crippen LogP contribution in [0.1, 0.15) is 40.4 Å². The van der Waals surface area contributed by atoms with Gasteiger partial charge in [-0.2, -0.15) is 26.3 Å². The van der Waals surface area contributed by atoms with Gasteiger partial charge < -0.3 is 0 Å². The molecule has 0 atom stereocenters. The molecule has 0 spiro atoms. The molecule has 4 aromatic rings. The van der Waals surface area contributed by atoms with Gasteiger partial charge in [-0.25, -0.2) is 9.97 Å². The topological polar surface area (TPSA) is 25.8 Å². The largest absolute Gasteiger partial charge is 0.427 e. The Morgan fingerprint density at radius 3 is 1.29 bits per heavy atom. The molecule has 0 aliphatic heterocycles. The van der Waals surface area contributed by atoms with Crippen LogP contribution in [0.5, 0.6) is 0 Å². The summed E-state index contributed by atoms with van der Waals surface area (Å²) in [5.41, 5.74) is 0.820. The van der Waals surface area contributed by atoms with Gasteiger partial charge in [0, 0.05) is 11.1 Å². The second-order valence-electron chi connectivity index (χ2n) is 7.93. The molecule has 0 saturated heterocycles. The molecule has 2 heterocycles. The van der Waals surface area contributed by atoms with Crippen molar-refractivity contribution in [1.82, 2.24) is 9.97 Å². The Morgan fingerprint density at radius 1 is 0.571 bits per heavy atom. The van der Waals surface area contributed by atoms with E-state index >= 15 is 0 Å². The van der Waals surface area contributed by atoms with Crippen LogP contribution in [0.3, 0.4) is 0 Å². The highest BCUT2D eigenvalue weighted by Crippen LogP contribution is 2.50. The molecule has 0 amide bonds. The lowest BCUT2D eigenvalue weighted by Gasteiger charge is -2.11. The minimum atomic E-state index is -4.69. The van der Waals surface area contributed by atoms with Gasteiger partial charge >= 0.3 is 12.4 Å². The number of benzene rings is 2. The maximum atomic E-state index is 14.0. The van der Waals surface area contributed by atoms with Crippen molar-refractivity contribution in [3.63, 3.8) is 0 Å². The van der Waals surface area contributed by atoms with Gasteiger partial charge in [0.25, 0.3) is 0 Å². The maximum absolute atomic E-state index is 14.0. The lowest BCUT2D eigenvalue weighted by Crippen LogP contribution is -2.08. The molecule has 0 fully saturated rings. The van der Waals surface area contributed by atoms with E-state index < -0.39 is 22.1 Å². The third kappa shape index (κ3) is 4.64. The van der Waals surface area contributed by atoms with E-state index in [1.807, 2.05) is 0 Å². The summed E-state index contributed by atoms with van der Waals surface area (Å²) in [7, 11) is 0. The summed E-state index contributed by atoms with van der Waals surface area (Å²) in [5, 5.41) is 0.344. The zero-order chi connectivity index (χ0) is 24.8. The van der Waals surface area contributed by atoms with Gasteiger partial charge in [0.1, 0.15) is 19.8 Å². The molecule has 2 aromatic heterocycles. The standard InChI is InChI=1S/C25H16F6N2S2/c26-24(27,28)20-18(32-22(34-20)14-8-3-1-4-9-14)16-12-7-13-17(16)19-21(25(29,30)31)35-23(33-19)15-10-5-2-6-11-15/h1-6,8-11H,7,12-13H2. The zero-order valence-electron chi connectivity index (χ0n) is 17.9. The van der Waals surface area contributed by atoms with E-state index in [9.17, 15) is 26.3 Å². The molecule has 2 aromatic carbocycles. The fourth-order valence-corrected chi connectivity index (χ4v) is 6.04. The molecule has 0 bridgehead atoms. The monoisotopic (exact) mass is 522 g/mol. The van der Waals surface area contributed by atoms with E-state index in [0.29, 0.717) is 40.2 Å². The first-order valence-corrected chi connectivity index (χ1v) is 12.3. The quantitative estimate of drug-likeness (QED) is 0.250. The number of hydrogen-bond acceptors (Lipinski definition) is 4. The summed E-state index contributed by atoms with van der Waals surface area (Å²) in [6, 6.07) is 16.9. The Labute approximate surface area is 204 Å². The van der Waals surface area contributed by atoms with Crippen molar-refractivity contribution in [3.8, 4) is 21.1 Å². The van der Waals surface area contributed by atoms with Gasteiger partial charge in [-0.3, -0.25) is 0 Å². The molecule has 1 aliphatic carbocycles. The van der Waals surface area contributed by atoms with E-state index in [2.05, 4.69) is 9.97 Å². The number of rotatable bonds is 4. The molecule has 2 nitrogen and oxygen atoms in total. The highest BCUT2D eigenvalue weighted by Gasteiger charge is 2.42.